The molecule has 2 unspecified atom stereocenters. The van der Waals surface area contributed by atoms with Gasteiger partial charge in [-0.2, -0.15) is 0 Å². The highest BCUT2D eigenvalue weighted by atomic mass is 16.6. The Morgan fingerprint density at radius 2 is 2.10 bits per heavy atom. The fraction of sp³-hybridized carbons (Fsp3) is 0.533. The van der Waals surface area contributed by atoms with Crippen molar-refractivity contribution < 1.29 is 14.8 Å². The number of hydrogen-bond donors (Lipinski definition) is 1. The molecule has 0 aliphatic carbocycles. The van der Waals surface area contributed by atoms with E-state index in [1.54, 1.807) is 12.1 Å². The standard InChI is InChI=1S/C15H20N2O4/c1-11-3-2-9-16(14(11)15(18)19)10-8-12-4-6-13(7-5-12)17(20)21/h4-7,11,14H,2-3,8-10H2,1H3,(H,18,19). The topological polar surface area (TPSA) is 83.7 Å². The van der Waals surface area contributed by atoms with Crippen molar-refractivity contribution in [1.29, 1.82) is 0 Å². The van der Waals surface area contributed by atoms with Gasteiger partial charge in [0, 0.05) is 18.7 Å². The molecule has 0 saturated carbocycles. The molecule has 1 aliphatic rings. The van der Waals surface area contributed by atoms with Crippen molar-refractivity contribution in [1.82, 2.24) is 4.90 Å². The zero-order valence-electron chi connectivity index (χ0n) is 12.1. The SMILES string of the molecule is CC1CCCN(CCc2ccc([N+](=O)[O-])cc2)C1C(=O)O. The van der Waals surface area contributed by atoms with Gasteiger partial charge in [0.15, 0.2) is 0 Å². The number of nitrogens with zero attached hydrogens (tertiary/aromatic N) is 2. The molecule has 0 aromatic heterocycles. The summed E-state index contributed by atoms with van der Waals surface area (Å²) in [5, 5.41) is 20.0. The quantitative estimate of drug-likeness (QED) is 0.665. The number of piperidine rings is 1. The van der Waals surface area contributed by atoms with E-state index < -0.39 is 16.9 Å². The summed E-state index contributed by atoms with van der Waals surface area (Å²) >= 11 is 0. The van der Waals surface area contributed by atoms with Gasteiger partial charge >= 0.3 is 5.97 Å². The monoisotopic (exact) mass is 292 g/mol. The molecular formula is C15H20N2O4. The molecule has 114 valence electrons. The van der Waals surface area contributed by atoms with Crippen molar-refractivity contribution >= 4 is 11.7 Å². The molecule has 2 rings (SSSR count). The van der Waals surface area contributed by atoms with Gasteiger partial charge in [0.25, 0.3) is 5.69 Å². The van der Waals surface area contributed by atoms with E-state index in [0.29, 0.717) is 13.0 Å². The predicted molar refractivity (Wildman–Crippen MR) is 78.2 cm³/mol. The van der Waals surface area contributed by atoms with E-state index in [1.807, 2.05) is 11.8 Å². The van der Waals surface area contributed by atoms with Crippen molar-refractivity contribution in [2.45, 2.75) is 32.2 Å². The first-order chi connectivity index (χ1) is 9.99. The van der Waals surface area contributed by atoms with E-state index in [4.69, 9.17) is 0 Å². The number of rotatable bonds is 5. The van der Waals surface area contributed by atoms with Crippen molar-refractivity contribution in [3.05, 3.63) is 39.9 Å². The van der Waals surface area contributed by atoms with Crippen LogP contribution < -0.4 is 0 Å². The Kier molecular flexibility index (Phi) is 4.90. The van der Waals surface area contributed by atoms with Crippen LogP contribution in [0.2, 0.25) is 0 Å². The molecule has 21 heavy (non-hydrogen) atoms. The number of likely N-dealkylation sites (tertiary alicyclic amines) is 1. The Hall–Kier alpha value is -1.95. The average molecular weight is 292 g/mol. The maximum Gasteiger partial charge on any atom is 0.321 e. The maximum atomic E-state index is 11.4. The number of benzene rings is 1. The number of carboxylic acid groups (broad SMARTS) is 1. The second kappa shape index (κ2) is 6.67. The summed E-state index contributed by atoms with van der Waals surface area (Å²) in [7, 11) is 0. The average Bonchev–Trinajstić information content (AvgIpc) is 2.45. The van der Waals surface area contributed by atoms with Crippen LogP contribution in [-0.2, 0) is 11.2 Å². The zero-order valence-corrected chi connectivity index (χ0v) is 12.1. The Morgan fingerprint density at radius 1 is 1.43 bits per heavy atom. The summed E-state index contributed by atoms with van der Waals surface area (Å²) in [6, 6.07) is 6.03. The minimum Gasteiger partial charge on any atom is -0.480 e. The van der Waals surface area contributed by atoms with E-state index in [1.165, 1.54) is 12.1 Å². The van der Waals surface area contributed by atoms with Gasteiger partial charge in [-0.1, -0.05) is 19.1 Å². The summed E-state index contributed by atoms with van der Waals surface area (Å²) in [5.74, 6) is -0.598. The molecule has 6 nitrogen and oxygen atoms in total. The van der Waals surface area contributed by atoms with Gasteiger partial charge in [-0.15, -0.1) is 0 Å². The molecule has 0 bridgehead atoms. The van der Waals surface area contributed by atoms with E-state index in [2.05, 4.69) is 0 Å². The summed E-state index contributed by atoms with van der Waals surface area (Å²) in [4.78, 5) is 23.6. The lowest BCUT2D eigenvalue weighted by Crippen LogP contribution is -2.49. The van der Waals surface area contributed by atoms with Crippen LogP contribution in [0.4, 0.5) is 5.69 Å². The molecule has 1 N–H and O–H groups in total. The van der Waals surface area contributed by atoms with E-state index in [-0.39, 0.29) is 11.6 Å². The van der Waals surface area contributed by atoms with Crippen LogP contribution in [0.3, 0.4) is 0 Å². The van der Waals surface area contributed by atoms with Crippen LogP contribution in [0, 0.1) is 16.0 Å². The highest BCUT2D eigenvalue weighted by molar-refractivity contribution is 5.74. The van der Waals surface area contributed by atoms with Crippen molar-refractivity contribution in [2.24, 2.45) is 5.92 Å². The fourth-order valence-corrected chi connectivity index (χ4v) is 2.98. The molecule has 1 aromatic carbocycles. The Balaban J connectivity index is 1.97. The number of nitro groups is 1. The van der Waals surface area contributed by atoms with Crippen LogP contribution in [0.1, 0.15) is 25.3 Å². The Bertz CT molecular complexity index is 515. The number of aliphatic carboxylic acids is 1. The largest absolute Gasteiger partial charge is 0.480 e. The second-order valence-corrected chi connectivity index (χ2v) is 5.61. The first-order valence-electron chi connectivity index (χ1n) is 7.19. The highest BCUT2D eigenvalue weighted by Gasteiger charge is 2.33. The zero-order chi connectivity index (χ0) is 15.4. The Morgan fingerprint density at radius 3 is 2.67 bits per heavy atom. The molecule has 1 aromatic rings. The lowest BCUT2D eigenvalue weighted by atomic mass is 9.90. The summed E-state index contributed by atoms with van der Waals surface area (Å²) in [6.45, 7) is 3.45. The van der Waals surface area contributed by atoms with Crippen LogP contribution in [0.5, 0.6) is 0 Å². The first-order valence-corrected chi connectivity index (χ1v) is 7.19. The third-order valence-electron chi connectivity index (χ3n) is 4.13. The molecule has 6 heteroatoms. The molecule has 1 heterocycles. The molecule has 1 aliphatic heterocycles. The van der Waals surface area contributed by atoms with Gasteiger partial charge < -0.3 is 5.11 Å². The van der Waals surface area contributed by atoms with Gasteiger partial charge in [0.05, 0.1) is 4.92 Å². The number of hydrogen-bond acceptors (Lipinski definition) is 4. The van der Waals surface area contributed by atoms with Crippen LogP contribution in [0.25, 0.3) is 0 Å². The first kappa shape index (κ1) is 15.4. The van der Waals surface area contributed by atoms with Crippen molar-refractivity contribution in [3.8, 4) is 0 Å². The number of carbonyl (C=O) groups is 1. The van der Waals surface area contributed by atoms with Gasteiger partial charge in [-0.05, 0) is 37.3 Å². The van der Waals surface area contributed by atoms with Gasteiger partial charge in [-0.3, -0.25) is 19.8 Å². The lowest BCUT2D eigenvalue weighted by molar-refractivity contribution is -0.384. The molecule has 0 radical (unpaired) electrons. The highest BCUT2D eigenvalue weighted by Crippen LogP contribution is 2.24. The van der Waals surface area contributed by atoms with E-state index in [9.17, 15) is 20.0 Å². The minimum absolute atomic E-state index is 0.0776. The molecule has 0 spiro atoms. The minimum atomic E-state index is -0.758. The summed E-state index contributed by atoms with van der Waals surface area (Å²) in [5.41, 5.74) is 1.07. The number of nitro benzene ring substituents is 1. The molecule has 1 saturated heterocycles. The van der Waals surface area contributed by atoms with E-state index in [0.717, 1.165) is 24.9 Å². The summed E-state index contributed by atoms with van der Waals surface area (Å²) in [6.07, 6.45) is 2.67. The predicted octanol–water partition coefficient (Wildman–Crippen LogP) is 2.32. The fourth-order valence-electron chi connectivity index (χ4n) is 2.98. The molecule has 1 fully saturated rings. The summed E-state index contributed by atoms with van der Waals surface area (Å²) < 4.78 is 0. The maximum absolute atomic E-state index is 11.4. The van der Waals surface area contributed by atoms with Crippen molar-refractivity contribution in [2.75, 3.05) is 13.1 Å². The third kappa shape index (κ3) is 3.78. The number of non-ortho nitro benzene ring substituents is 1. The second-order valence-electron chi connectivity index (χ2n) is 5.61. The third-order valence-corrected chi connectivity index (χ3v) is 4.13. The number of carboxylic acids is 1. The molecule has 0 amide bonds. The molecular weight excluding hydrogens is 272 g/mol. The molecule has 2 atom stereocenters. The van der Waals surface area contributed by atoms with Crippen LogP contribution in [-0.4, -0.2) is 40.0 Å². The van der Waals surface area contributed by atoms with Crippen molar-refractivity contribution in [3.63, 3.8) is 0 Å². The van der Waals surface area contributed by atoms with E-state index >= 15 is 0 Å². The van der Waals surface area contributed by atoms with Crippen LogP contribution >= 0.6 is 0 Å². The van der Waals surface area contributed by atoms with Crippen LogP contribution in [0.15, 0.2) is 24.3 Å². The normalized spacial score (nSPS) is 22.9. The van der Waals surface area contributed by atoms with Gasteiger partial charge in [-0.25, -0.2) is 0 Å². The lowest BCUT2D eigenvalue weighted by Gasteiger charge is -2.37. The van der Waals surface area contributed by atoms with Gasteiger partial charge in [0.1, 0.15) is 6.04 Å². The smallest absolute Gasteiger partial charge is 0.321 e. The van der Waals surface area contributed by atoms with Gasteiger partial charge in [0.2, 0.25) is 0 Å². The Labute approximate surface area is 123 Å².